The van der Waals surface area contributed by atoms with Crippen molar-refractivity contribution in [2.45, 2.75) is 65.5 Å². The summed E-state index contributed by atoms with van der Waals surface area (Å²) in [6.07, 6.45) is 4.29. The highest BCUT2D eigenvalue weighted by Crippen LogP contribution is 2.37. The second kappa shape index (κ2) is 5.92. The molecule has 0 N–H and O–H groups in total. The molecule has 0 amide bonds. The minimum absolute atomic E-state index is 0.239. The lowest BCUT2D eigenvalue weighted by Crippen LogP contribution is -2.51. The Balaban J connectivity index is 1.99. The smallest absolute Gasteiger partial charge is 0.137 e. The van der Waals surface area contributed by atoms with Gasteiger partial charge in [-0.2, -0.15) is 0 Å². The standard InChI is InChI=1S/C16H29NO2/c1-5-14-11-19-12(2)9-17(14)10-13-8-16(3,4)7-6-15(13)18/h12-14H,5-11H2,1-4H3. The van der Waals surface area contributed by atoms with Crippen molar-refractivity contribution in [1.29, 1.82) is 0 Å². The average Bonchev–Trinajstić information content (AvgIpc) is 2.34. The first-order valence-electron chi connectivity index (χ1n) is 7.79. The number of nitrogens with zero attached hydrogens (tertiary/aromatic N) is 1. The quantitative estimate of drug-likeness (QED) is 0.787. The lowest BCUT2D eigenvalue weighted by atomic mass is 9.71. The Morgan fingerprint density at radius 1 is 1.42 bits per heavy atom. The molecule has 1 aliphatic heterocycles. The van der Waals surface area contributed by atoms with Gasteiger partial charge < -0.3 is 4.74 Å². The van der Waals surface area contributed by atoms with Crippen molar-refractivity contribution in [3.05, 3.63) is 0 Å². The maximum absolute atomic E-state index is 12.2. The van der Waals surface area contributed by atoms with Crippen LogP contribution in [0, 0.1) is 11.3 Å². The van der Waals surface area contributed by atoms with Crippen molar-refractivity contribution in [2.75, 3.05) is 19.7 Å². The van der Waals surface area contributed by atoms with Crippen LogP contribution in [0.3, 0.4) is 0 Å². The number of morpholine rings is 1. The van der Waals surface area contributed by atoms with E-state index in [9.17, 15) is 4.79 Å². The number of Topliss-reactive ketones (excluding diaryl/α,β-unsaturated/α-hetero) is 1. The lowest BCUT2D eigenvalue weighted by molar-refractivity contribution is -0.130. The van der Waals surface area contributed by atoms with Gasteiger partial charge in [0, 0.05) is 31.5 Å². The van der Waals surface area contributed by atoms with Gasteiger partial charge in [-0.15, -0.1) is 0 Å². The minimum atomic E-state index is 0.239. The second-order valence-corrected chi connectivity index (χ2v) is 7.19. The van der Waals surface area contributed by atoms with Gasteiger partial charge in [0.1, 0.15) is 5.78 Å². The van der Waals surface area contributed by atoms with Crippen LogP contribution in [-0.4, -0.2) is 42.5 Å². The van der Waals surface area contributed by atoms with E-state index in [2.05, 4.69) is 32.6 Å². The highest BCUT2D eigenvalue weighted by Gasteiger charge is 2.36. The molecule has 3 heteroatoms. The molecular weight excluding hydrogens is 238 g/mol. The van der Waals surface area contributed by atoms with Crippen molar-refractivity contribution < 1.29 is 9.53 Å². The van der Waals surface area contributed by atoms with Crippen LogP contribution in [0.25, 0.3) is 0 Å². The Morgan fingerprint density at radius 2 is 2.16 bits per heavy atom. The summed E-state index contributed by atoms with van der Waals surface area (Å²) in [5.41, 5.74) is 0.332. The largest absolute Gasteiger partial charge is 0.376 e. The monoisotopic (exact) mass is 267 g/mol. The van der Waals surface area contributed by atoms with Crippen LogP contribution in [0.1, 0.15) is 53.4 Å². The third-order valence-corrected chi connectivity index (χ3v) is 4.81. The van der Waals surface area contributed by atoms with Crippen LogP contribution in [-0.2, 0) is 9.53 Å². The van der Waals surface area contributed by atoms with Gasteiger partial charge in [-0.25, -0.2) is 0 Å². The van der Waals surface area contributed by atoms with Crippen molar-refractivity contribution in [3.63, 3.8) is 0 Å². The van der Waals surface area contributed by atoms with Gasteiger partial charge in [0.25, 0.3) is 0 Å². The summed E-state index contributed by atoms with van der Waals surface area (Å²) in [6, 6.07) is 0.494. The molecule has 2 fully saturated rings. The number of hydrogen-bond donors (Lipinski definition) is 0. The van der Waals surface area contributed by atoms with Gasteiger partial charge in [-0.3, -0.25) is 9.69 Å². The number of carbonyl (C=O) groups is 1. The topological polar surface area (TPSA) is 29.5 Å². The molecule has 1 saturated heterocycles. The minimum Gasteiger partial charge on any atom is -0.376 e. The number of carbonyl (C=O) groups excluding carboxylic acids is 1. The number of ketones is 1. The molecule has 2 rings (SSSR count). The molecule has 1 aliphatic carbocycles. The van der Waals surface area contributed by atoms with Crippen molar-refractivity contribution in [2.24, 2.45) is 11.3 Å². The van der Waals surface area contributed by atoms with Crippen LogP contribution in [0.15, 0.2) is 0 Å². The third kappa shape index (κ3) is 3.79. The third-order valence-electron chi connectivity index (χ3n) is 4.81. The summed E-state index contributed by atoms with van der Waals surface area (Å²) in [7, 11) is 0. The van der Waals surface area contributed by atoms with Crippen LogP contribution in [0.4, 0.5) is 0 Å². The predicted octanol–water partition coefficient (Wildman–Crippen LogP) is 2.88. The lowest BCUT2D eigenvalue weighted by Gasteiger charge is -2.42. The number of hydrogen-bond acceptors (Lipinski definition) is 3. The first-order valence-corrected chi connectivity index (χ1v) is 7.79. The molecule has 0 aromatic rings. The Hall–Kier alpha value is -0.410. The second-order valence-electron chi connectivity index (χ2n) is 7.19. The summed E-state index contributed by atoms with van der Waals surface area (Å²) < 4.78 is 5.74. The van der Waals surface area contributed by atoms with E-state index in [0.29, 0.717) is 23.3 Å². The van der Waals surface area contributed by atoms with Crippen LogP contribution in [0.2, 0.25) is 0 Å². The normalized spacial score (nSPS) is 36.4. The van der Waals surface area contributed by atoms with E-state index < -0.39 is 0 Å². The van der Waals surface area contributed by atoms with Gasteiger partial charge in [0.15, 0.2) is 0 Å². The molecule has 0 bridgehead atoms. The van der Waals surface area contributed by atoms with E-state index >= 15 is 0 Å². The zero-order chi connectivity index (χ0) is 14.0. The maximum Gasteiger partial charge on any atom is 0.137 e. The first kappa shape index (κ1) is 15.0. The summed E-state index contributed by atoms with van der Waals surface area (Å²) in [6.45, 7) is 11.7. The van der Waals surface area contributed by atoms with E-state index in [1.807, 2.05) is 0 Å². The molecule has 0 radical (unpaired) electrons. The van der Waals surface area contributed by atoms with E-state index in [-0.39, 0.29) is 5.92 Å². The number of rotatable bonds is 3. The first-order chi connectivity index (χ1) is 8.91. The SMILES string of the molecule is CCC1COC(C)CN1CC1CC(C)(C)CCC1=O. The summed E-state index contributed by atoms with van der Waals surface area (Å²) >= 11 is 0. The summed E-state index contributed by atoms with van der Waals surface area (Å²) in [5, 5.41) is 0. The molecule has 1 heterocycles. The average molecular weight is 267 g/mol. The number of ether oxygens (including phenoxy) is 1. The van der Waals surface area contributed by atoms with Gasteiger partial charge in [0.05, 0.1) is 12.7 Å². The van der Waals surface area contributed by atoms with Crippen molar-refractivity contribution in [1.82, 2.24) is 4.90 Å². The van der Waals surface area contributed by atoms with E-state index in [1.54, 1.807) is 0 Å². The van der Waals surface area contributed by atoms with Crippen molar-refractivity contribution >= 4 is 5.78 Å². The fourth-order valence-electron chi connectivity index (χ4n) is 3.51. The summed E-state index contributed by atoms with van der Waals surface area (Å²) in [5.74, 6) is 0.719. The highest BCUT2D eigenvalue weighted by atomic mass is 16.5. The van der Waals surface area contributed by atoms with Crippen LogP contribution >= 0.6 is 0 Å². The fourth-order valence-corrected chi connectivity index (χ4v) is 3.51. The fraction of sp³-hybridized carbons (Fsp3) is 0.938. The molecular formula is C16H29NO2. The Bertz CT molecular complexity index is 327. The van der Waals surface area contributed by atoms with Crippen LogP contribution in [0.5, 0.6) is 0 Å². The highest BCUT2D eigenvalue weighted by molar-refractivity contribution is 5.82. The van der Waals surface area contributed by atoms with Crippen molar-refractivity contribution in [3.8, 4) is 0 Å². The molecule has 0 aromatic heterocycles. The molecule has 3 unspecified atom stereocenters. The molecule has 110 valence electrons. The molecule has 0 spiro atoms. The van der Waals surface area contributed by atoms with Gasteiger partial charge in [-0.1, -0.05) is 20.8 Å². The Labute approximate surface area is 117 Å². The molecule has 1 saturated carbocycles. The summed E-state index contributed by atoms with van der Waals surface area (Å²) in [4.78, 5) is 14.7. The molecule has 2 aliphatic rings. The van der Waals surface area contributed by atoms with E-state index in [0.717, 1.165) is 45.4 Å². The Morgan fingerprint density at radius 3 is 2.84 bits per heavy atom. The molecule has 19 heavy (non-hydrogen) atoms. The molecule has 3 nitrogen and oxygen atoms in total. The maximum atomic E-state index is 12.2. The molecule has 3 atom stereocenters. The zero-order valence-electron chi connectivity index (χ0n) is 12.9. The van der Waals surface area contributed by atoms with E-state index in [1.165, 1.54) is 0 Å². The van der Waals surface area contributed by atoms with Gasteiger partial charge >= 0.3 is 0 Å². The Kier molecular flexibility index (Phi) is 4.67. The zero-order valence-corrected chi connectivity index (χ0v) is 12.9. The van der Waals surface area contributed by atoms with Crippen LogP contribution < -0.4 is 0 Å². The van der Waals surface area contributed by atoms with Gasteiger partial charge in [0.2, 0.25) is 0 Å². The van der Waals surface area contributed by atoms with Gasteiger partial charge in [-0.05, 0) is 31.6 Å². The van der Waals surface area contributed by atoms with E-state index in [4.69, 9.17) is 4.74 Å². The predicted molar refractivity (Wildman–Crippen MR) is 77.2 cm³/mol. The molecule has 0 aromatic carbocycles.